The largest absolute Gasteiger partial charge is 0.319 e. The summed E-state index contributed by atoms with van der Waals surface area (Å²) in [6.45, 7) is 4.69. The highest BCUT2D eigenvalue weighted by molar-refractivity contribution is 5.56. The minimum absolute atomic E-state index is 0.0424. The van der Waals surface area contributed by atoms with Crippen molar-refractivity contribution < 1.29 is 0 Å². The Morgan fingerprint density at radius 2 is 2.11 bits per heavy atom. The molecule has 0 aliphatic carbocycles. The molecule has 0 bridgehead atoms. The van der Waals surface area contributed by atoms with Crippen LogP contribution in [0.1, 0.15) is 16.8 Å². The van der Waals surface area contributed by atoms with E-state index in [-0.39, 0.29) is 5.56 Å². The molecule has 0 unspecified atom stereocenters. The normalized spacial score (nSPS) is 10.7. The number of nitrogens with zero attached hydrogens (tertiary/aromatic N) is 1. The molecule has 2 aromatic rings. The Bertz CT molecular complexity index is 632. The number of hydrogen-bond acceptors (Lipinski definition) is 3. The van der Waals surface area contributed by atoms with Gasteiger partial charge in [-0.2, -0.15) is 0 Å². The molecule has 2 N–H and O–H groups in total. The molecular weight excluding hydrogens is 238 g/mol. The lowest BCUT2D eigenvalue weighted by Gasteiger charge is -2.07. The van der Waals surface area contributed by atoms with Gasteiger partial charge in [0.05, 0.1) is 0 Å². The molecule has 2 rings (SSSR count). The molecule has 0 saturated carbocycles. The minimum atomic E-state index is -0.0424. The molecule has 100 valence electrons. The predicted molar refractivity (Wildman–Crippen MR) is 77.4 cm³/mol. The van der Waals surface area contributed by atoms with Crippen LogP contribution >= 0.6 is 0 Å². The van der Waals surface area contributed by atoms with Gasteiger partial charge in [0.25, 0.3) is 5.56 Å². The van der Waals surface area contributed by atoms with Gasteiger partial charge in [-0.25, -0.2) is 4.98 Å². The number of hydrogen-bond donors (Lipinski definition) is 2. The Hall–Kier alpha value is -1.94. The third kappa shape index (κ3) is 3.09. The molecule has 0 saturated heterocycles. The zero-order chi connectivity index (χ0) is 13.8. The van der Waals surface area contributed by atoms with Crippen LogP contribution in [0.5, 0.6) is 0 Å². The highest BCUT2D eigenvalue weighted by Crippen LogP contribution is 2.15. The van der Waals surface area contributed by atoms with Crippen molar-refractivity contribution in [2.24, 2.45) is 0 Å². The maximum Gasteiger partial charge on any atom is 0.254 e. The van der Waals surface area contributed by atoms with E-state index in [1.807, 2.05) is 45.2 Å². The Morgan fingerprint density at radius 3 is 2.74 bits per heavy atom. The summed E-state index contributed by atoms with van der Waals surface area (Å²) in [5, 5.41) is 3.04. The van der Waals surface area contributed by atoms with Gasteiger partial charge in [0.1, 0.15) is 5.82 Å². The van der Waals surface area contributed by atoms with Gasteiger partial charge < -0.3 is 10.3 Å². The van der Waals surface area contributed by atoms with E-state index in [1.54, 1.807) is 0 Å². The van der Waals surface area contributed by atoms with E-state index >= 15 is 0 Å². The number of rotatable bonds is 4. The maximum absolute atomic E-state index is 12.1. The van der Waals surface area contributed by atoms with Crippen LogP contribution in [-0.2, 0) is 6.42 Å². The molecule has 1 aromatic carbocycles. The van der Waals surface area contributed by atoms with Gasteiger partial charge >= 0.3 is 0 Å². The number of aryl methyl sites for hydroxylation is 2. The van der Waals surface area contributed by atoms with Crippen LogP contribution in [0, 0.1) is 13.8 Å². The molecular formula is C15H19N3O. The molecule has 0 fully saturated rings. The fourth-order valence-electron chi connectivity index (χ4n) is 2.08. The molecule has 0 aliphatic heterocycles. The van der Waals surface area contributed by atoms with Crippen LogP contribution in [0.4, 0.5) is 0 Å². The number of aromatic nitrogens is 2. The summed E-state index contributed by atoms with van der Waals surface area (Å²) in [6, 6.07) is 7.97. The Morgan fingerprint density at radius 1 is 1.32 bits per heavy atom. The molecule has 4 nitrogen and oxygen atoms in total. The van der Waals surface area contributed by atoms with Crippen LogP contribution in [0.25, 0.3) is 11.4 Å². The van der Waals surface area contributed by atoms with Gasteiger partial charge in [0.15, 0.2) is 0 Å². The number of likely N-dealkylation sites (N-methyl/N-ethyl adjacent to an activating group) is 1. The van der Waals surface area contributed by atoms with E-state index in [0.717, 1.165) is 28.9 Å². The highest BCUT2D eigenvalue weighted by atomic mass is 16.1. The standard InChI is InChI=1S/C15H19N3O/c1-10-5-4-6-12(9-10)14-17-11(2)13(7-8-16-3)15(19)18-14/h4-6,9,16H,7-8H2,1-3H3,(H,17,18,19). The van der Waals surface area contributed by atoms with Crippen molar-refractivity contribution in [2.45, 2.75) is 20.3 Å². The second-order valence-electron chi connectivity index (χ2n) is 4.70. The van der Waals surface area contributed by atoms with Crippen molar-refractivity contribution in [1.29, 1.82) is 0 Å². The molecule has 19 heavy (non-hydrogen) atoms. The number of H-pyrrole nitrogens is 1. The lowest BCUT2D eigenvalue weighted by Crippen LogP contribution is -2.21. The third-order valence-corrected chi connectivity index (χ3v) is 3.14. The Balaban J connectivity index is 2.42. The van der Waals surface area contributed by atoms with Crippen molar-refractivity contribution in [1.82, 2.24) is 15.3 Å². The highest BCUT2D eigenvalue weighted by Gasteiger charge is 2.09. The smallest absolute Gasteiger partial charge is 0.254 e. The molecule has 1 aromatic heterocycles. The molecule has 1 heterocycles. The quantitative estimate of drug-likeness (QED) is 0.878. The fraction of sp³-hybridized carbons (Fsp3) is 0.333. The first kappa shape index (κ1) is 13.5. The average molecular weight is 257 g/mol. The number of benzene rings is 1. The lowest BCUT2D eigenvalue weighted by atomic mass is 10.1. The zero-order valence-electron chi connectivity index (χ0n) is 11.6. The summed E-state index contributed by atoms with van der Waals surface area (Å²) in [5.41, 5.74) is 3.61. The second kappa shape index (κ2) is 5.80. The van der Waals surface area contributed by atoms with Gasteiger partial charge in [-0.05, 0) is 39.9 Å². The zero-order valence-corrected chi connectivity index (χ0v) is 11.6. The first-order valence-electron chi connectivity index (χ1n) is 6.43. The molecule has 0 radical (unpaired) electrons. The monoisotopic (exact) mass is 257 g/mol. The molecule has 4 heteroatoms. The van der Waals surface area contributed by atoms with Crippen molar-refractivity contribution in [3.63, 3.8) is 0 Å². The van der Waals surface area contributed by atoms with E-state index in [1.165, 1.54) is 0 Å². The summed E-state index contributed by atoms with van der Waals surface area (Å²) in [4.78, 5) is 19.5. The SMILES string of the molecule is CNCCc1c(C)nc(-c2cccc(C)c2)[nH]c1=O. The van der Waals surface area contributed by atoms with Gasteiger partial charge in [-0.3, -0.25) is 4.79 Å². The Kier molecular flexibility index (Phi) is 4.12. The van der Waals surface area contributed by atoms with Crippen LogP contribution < -0.4 is 10.9 Å². The van der Waals surface area contributed by atoms with E-state index < -0.39 is 0 Å². The third-order valence-electron chi connectivity index (χ3n) is 3.14. The molecule has 0 amide bonds. The van der Waals surface area contributed by atoms with E-state index in [2.05, 4.69) is 15.3 Å². The molecule has 0 aliphatic rings. The van der Waals surface area contributed by atoms with E-state index in [0.29, 0.717) is 12.2 Å². The molecule has 0 atom stereocenters. The van der Waals surface area contributed by atoms with E-state index in [4.69, 9.17) is 0 Å². The fourth-order valence-corrected chi connectivity index (χ4v) is 2.08. The van der Waals surface area contributed by atoms with Gasteiger partial charge in [0.2, 0.25) is 0 Å². The van der Waals surface area contributed by atoms with Gasteiger partial charge in [-0.15, -0.1) is 0 Å². The summed E-state index contributed by atoms with van der Waals surface area (Å²) in [6.07, 6.45) is 0.693. The topological polar surface area (TPSA) is 57.8 Å². The Labute approximate surface area is 112 Å². The van der Waals surface area contributed by atoms with Crippen molar-refractivity contribution >= 4 is 0 Å². The van der Waals surface area contributed by atoms with Crippen LogP contribution in [-0.4, -0.2) is 23.6 Å². The van der Waals surface area contributed by atoms with Crippen LogP contribution in [0.15, 0.2) is 29.1 Å². The minimum Gasteiger partial charge on any atom is -0.319 e. The predicted octanol–water partition coefficient (Wildman–Crippen LogP) is 1.82. The summed E-state index contributed by atoms with van der Waals surface area (Å²) >= 11 is 0. The summed E-state index contributed by atoms with van der Waals surface area (Å²) in [7, 11) is 1.87. The average Bonchev–Trinajstić information content (AvgIpc) is 2.37. The summed E-state index contributed by atoms with van der Waals surface area (Å²) < 4.78 is 0. The van der Waals surface area contributed by atoms with Crippen LogP contribution in [0.2, 0.25) is 0 Å². The number of nitrogens with one attached hydrogen (secondary N) is 2. The second-order valence-corrected chi connectivity index (χ2v) is 4.70. The van der Waals surface area contributed by atoms with Crippen molar-refractivity contribution in [3.05, 3.63) is 51.4 Å². The first-order chi connectivity index (χ1) is 9.11. The van der Waals surface area contributed by atoms with Crippen LogP contribution in [0.3, 0.4) is 0 Å². The maximum atomic E-state index is 12.1. The lowest BCUT2D eigenvalue weighted by molar-refractivity contribution is 0.774. The first-order valence-corrected chi connectivity index (χ1v) is 6.43. The molecule has 0 spiro atoms. The van der Waals surface area contributed by atoms with Crippen molar-refractivity contribution in [2.75, 3.05) is 13.6 Å². The number of aromatic amines is 1. The van der Waals surface area contributed by atoms with E-state index in [9.17, 15) is 4.79 Å². The van der Waals surface area contributed by atoms with Gasteiger partial charge in [0, 0.05) is 16.8 Å². The van der Waals surface area contributed by atoms with Crippen molar-refractivity contribution in [3.8, 4) is 11.4 Å². The van der Waals surface area contributed by atoms with Gasteiger partial charge in [-0.1, -0.05) is 23.8 Å². The summed E-state index contributed by atoms with van der Waals surface area (Å²) in [5.74, 6) is 0.638.